The molecule has 0 radical (unpaired) electrons. The molecule has 0 bridgehead atoms. The van der Waals surface area contributed by atoms with E-state index < -0.39 is 0 Å². The number of fused-ring (bicyclic) bond motifs is 1. The summed E-state index contributed by atoms with van der Waals surface area (Å²) in [6.07, 6.45) is 7.08. The standard InChI is InChI=1S/C21H27N9O/c31-20(23-14-7-8-22-12-14)17-4-1-9-29(17)21-25-19(16-3-2-10-30(16)28-21)24-18-11-15(26-27-18)13-5-6-13/h2-3,10-11,13-14,17,22H,1,4-9,12H2,(H,23,31)(H2,24,25,26,27,28). The third-order valence-corrected chi connectivity index (χ3v) is 6.46. The summed E-state index contributed by atoms with van der Waals surface area (Å²) in [6, 6.07) is 5.94. The number of aromatic nitrogens is 5. The van der Waals surface area contributed by atoms with Gasteiger partial charge in [-0.2, -0.15) is 10.1 Å². The van der Waals surface area contributed by atoms with Gasteiger partial charge in [0.15, 0.2) is 11.6 Å². The number of carbonyl (C=O) groups excluding carboxylic acids is 1. The van der Waals surface area contributed by atoms with Crippen LogP contribution in [-0.4, -0.2) is 62.4 Å². The number of nitrogens with zero attached hydrogens (tertiary/aromatic N) is 5. The van der Waals surface area contributed by atoms with E-state index in [9.17, 15) is 4.79 Å². The van der Waals surface area contributed by atoms with E-state index in [0.29, 0.717) is 17.7 Å². The molecule has 1 amide bonds. The number of nitrogens with one attached hydrogen (secondary N) is 4. The molecule has 3 aliphatic rings. The van der Waals surface area contributed by atoms with Crippen molar-refractivity contribution in [3.05, 3.63) is 30.1 Å². The number of rotatable bonds is 6. The van der Waals surface area contributed by atoms with Crippen LogP contribution in [0.5, 0.6) is 0 Å². The van der Waals surface area contributed by atoms with Crippen molar-refractivity contribution in [1.29, 1.82) is 0 Å². The number of hydrogen-bond acceptors (Lipinski definition) is 7. The van der Waals surface area contributed by atoms with Gasteiger partial charge in [-0.3, -0.25) is 9.89 Å². The van der Waals surface area contributed by atoms with Crippen molar-refractivity contribution in [3.63, 3.8) is 0 Å². The quantitative estimate of drug-likeness (QED) is 0.477. The van der Waals surface area contributed by atoms with E-state index in [0.717, 1.165) is 50.2 Å². The zero-order valence-corrected chi connectivity index (χ0v) is 17.3. The molecule has 5 heterocycles. The summed E-state index contributed by atoms with van der Waals surface area (Å²) in [5, 5.41) is 22.1. The molecule has 2 saturated heterocycles. The van der Waals surface area contributed by atoms with E-state index in [1.54, 1.807) is 0 Å². The Labute approximate surface area is 179 Å². The van der Waals surface area contributed by atoms with Crippen molar-refractivity contribution in [3.8, 4) is 0 Å². The largest absolute Gasteiger partial charge is 0.350 e. The van der Waals surface area contributed by atoms with E-state index in [1.165, 1.54) is 18.5 Å². The summed E-state index contributed by atoms with van der Waals surface area (Å²) in [6.45, 7) is 2.56. The van der Waals surface area contributed by atoms with E-state index in [2.05, 4.69) is 32.2 Å². The molecule has 2 unspecified atom stereocenters. The minimum atomic E-state index is -0.242. The molecular formula is C21H27N9O. The van der Waals surface area contributed by atoms with Crippen molar-refractivity contribution < 1.29 is 4.79 Å². The first-order valence-electron chi connectivity index (χ1n) is 11.2. The lowest BCUT2D eigenvalue weighted by Gasteiger charge is -2.25. The minimum absolute atomic E-state index is 0.0679. The molecule has 31 heavy (non-hydrogen) atoms. The van der Waals surface area contributed by atoms with Crippen LogP contribution in [-0.2, 0) is 4.79 Å². The molecule has 3 aromatic rings. The summed E-state index contributed by atoms with van der Waals surface area (Å²) in [5.74, 6) is 2.68. The van der Waals surface area contributed by atoms with Gasteiger partial charge in [0.05, 0.1) is 0 Å². The van der Waals surface area contributed by atoms with Crippen molar-refractivity contribution in [2.75, 3.05) is 29.9 Å². The van der Waals surface area contributed by atoms with Gasteiger partial charge >= 0.3 is 0 Å². The van der Waals surface area contributed by atoms with E-state index in [1.807, 2.05) is 27.7 Å². The Kier molecular flexibility index (Phi) is 4.52. The van der Waals surface area contributed by atoms with Gasteiger partial charge in [0, 0.05) is 43.0 Å². The molecule has 1 saturated carbocycles. The predicted molar refractivity (Wildman–Crippen MR) is 117 cm³/mol. The molecule has 2 aliphatic heterocycles. The molecule has 10 nitrogen and oxygen atoms in total. The van der Waals surface area contributed by atoms with Gasteiger partial charge in [0.25, 0.3) is 0 Å². The molecule has 1 aliphatic carbocycles. The average Bonchev–Trinajstić information content (AvgIpc) is 3.27. The van der Waals surface area contributed by atoms with Gasteiger partial charge in [0.1, 0.15) is 11.6 Å². The Morgan fingerprint density at radius 2 is 2.16 bits per heavy atom. The molecule has 4 N–H and O–H groups in total. The molecule has 162 valence electrons. The maximum atomic E-state index is 13.0. The summed E-state index contributed by atoms with van der Waals surface area (Å²) in [4.78, 5) is 19.8. The summed E-state index contributed by atoms with van der Waals surface area (Å²) < 4.78 is 1.81. The van der Waals surface area contributed by atoms with Crippen molar-refractivity contribution in [1.82, 2.24) is 35.4 Å². The molecule has 2 atom stereocenters. The Balaban J connectivity index is 1.27. The second-order valence-corrected chi connectivity index (χ2v) is 8.76. The van der Waals surface area contributed by atoms with Crippen molar-refractivity contribution >= 4 is 29.0 Å². The van der Waals surface area contributed by atoms with Crippen LogP contribution in [0.15, 0.2) is 24.4 Å². The van der Waals surface area contributed by atoms with Crippen LogP contribution in [0.3, 0.4) is 0 Å². The minimum Gasteiger partial charge on any atom is -0.350 e. The molecular weight excluding hydrogens is 394 g/mol. The smallest absolute Gasteiger partial charge is 0.246 e. The molecule has 10 heteroatoms. The van der Waals surface area contributed by atoms with Crippen LogP contribution >= 0.6 is 0 Å². The summed E-state index contributed by atoms with van der Waals surface area (Å²) >= 11 is 0. The molecule has 0 aromatic carbocycles. The Bertz CT molecular complexity index is 1100. The monoisotopic (exact) mass is 421 g/mol. The first-order valence-corrected chi connectivity index (χ1v) is 11.2. The first-order chi connectivity index (χ1) is 15.2. The van der Waals surface area contributed by atoms with E-state index in [4.69, 9.17) is 10.1 Å². The highest BCUT2D eigenvalue weighted by Crippen LogP contribution is 2.39. The molecule has 0 spiro atoms. The zero-order valence-electron chi connectivity index (χ0n) is 17.3. The topological polar surface area (TPSA) is 115 Å². The molecule has 6 rings (SSSR count). The number of hydrogen-bond donors (Lipinski definition) is 4. The van der Waals surface area contributed by atoms with Gasteiger partial charge in [-0.15, -0.1) is 5.10 Å². The van der Waals surface area contributed by atoms with Gasteiger partial charge < -0.3 is 20.9 Å². The van der Waals surface area contributed by atoms with Crippen molar-refractivity contribution in [2.24, 2.45) is 0 Å². The Hall–Kier alpha value is -3.14. The highest BCUT2D eigenvalue weighted by molar-refractivity contribution is 5.86. The third-order valence-electron chi connectivity index (χ3n) is 6.46. The normalized spacial score (nSPS) is 23.5. The lowest BCUT2D eigenvalue weighted by molar-refractivity contribution is -0.122. The number of amides is 1. The van der Waals surface area contributed by atoms with Crippen LogP contribution in [0.1, 0.15) is 43.7 Å². The molecule has 3 aromatic heterocycles. The van der Waals surface area contributed by atoms with E-state index >= 15 is 0 Å². The fraction of sp³-hybridized carbons (Fsp3) is 0.524. The number of carbonyl (C=O) groups is 1. The van der Waals surface area contributed by atoms with Gasteiger partial charge in [-0.05, 0) is 50.8 Å². The maximum Gasteiger partial charge on any atom is 0.246 e. The van der Waals surface area contributed by atoms with Crippen LogP contribution < -0.4 is 20.9 Å². The SMILES string of the molecule is O=C(NC1CCNC1)C1CCCN1c1nc(Nc2cc(C3CC3)[nH]n2)c2cccn2n1. The number of anilines is 3. The average molecular weight is 422 g/mol. The second kappa shape index (κ2) is 7.52. The second-order valence-electron chi connectivity index (χ2n) is 8.76. The Morgan fingerprint density at radius 1 is 1.23 bits per heavy atom. The van der Waals surface area contributed by atoms with Crippen LogP contribution in [0.2, 0.25) is 0 Å². The fourth-order valence-electron chi connectivity index (χ4n) is 4.62. The summed E-state index contributed by atoms with van der Waals surface area (Å²) in [5.41, 5.74) is 2.04. The van der Waals surface area contributed by atoms with Crippen LogP contribution in [0.4, 0.5) is 17.6 Å². The lowest BCUT2D eigenvalue weighted by Crippen LogP contribution is -2.48. The summed E-state index contributed by atoms with van der Waals surface area (Å²) in [7, 11) is 0. The van der Waals surface area contributed by atoms with E-state index in [-0.39, 0.29) is 18.0 Å². The first kappa shape index (κ1) is 18.6. The number of H-pyrrole nitrogens is 1. The third kappa shape index (κ3) is 3.60. The van der Waals surface area contributed by atoms with Gasteiger partial charge in [-0.25, -0.2) is 4.52 Å². The fourth-order valence-corrected chi connectivity index (χ4v) is 4.62. The molecule has 3 fully saturated rings. The highest BCUT2D eigenvalue weighted by atomic mass is 16.2. The maximum absolute atomic E-state index is 13.0. The predicted octanol–water partition coefficient (Wildman–Crippen LogP) is 1.52. The van der Waals surface area contributed by atoms with Crippen LogP contribution in [0, 0.1) is 0 Å². The zero-order chi connectivity index (χ0) is 20.8. The Morgan fingerprint density at radius 3 is 3.00 bits per heavy atom. The van der Waals surface area contributed by atoms with Crippen molar-refractivity contribution in [2.45, 2.75) is 50.1 Å². The lowest BCUT2D eigenvalue weighted by atomic mass is 10.2. The number of aromatic amines is 1. The van der Waals surface area contributed by atoms with Gasteiger partial charge in [0.2, 0.25) is 11.9 Å². The highest BCUT2D eigenvalue weighted by Gasteiger charge is 2.34. The van der Waals surface area contributed by atoms with Crippen LogP contribution in [0.25, 0.3) is 5.52 Å². The van der Waals surface area contributed by atoms with Gasteiger partial charge in [-0.1, -0.05) is 0 Å².